The van der Waals surface area contributed by atoms with Crippen LogP contribution in [0.4, 0.5) is 5.82 Å². The van der Waals surface area contributed by atoms with Crippen molar-refractivity contribution in [2.45, 2.75) is 58.4 Å². The maximum absolute atomic E-state index is 4.76. The minimum atomic E-state index is 0.682. The molecule has 1 aromatic heterocycles. The first-order valence-corrected chi connectivity index (χ1v) is 10.2. The number of anilines is 1. The lowest BCUT2D eigenvalue weighted by molar-refractivity contribution is 0.665. The topological polar surface area (TPSA) is 52.6 Å². The van der Waals surface area contributed by atoms with Crippen molar-refractivity contribution in [3.05, 3.63) is 35.5 Å². The molecule has 1 aliphatic carbocycles. The highest BCUT2D eigenvalue weighted by Crippen LogP contribution is 2.20. The number of guanidine groups is 1. The zero-order chi connectivity index (χ0) is 18.0. The van der Waals surface area contributed by atoms with Crippen molar-refractivity contribution in [1.29, 1.82) is 0 Å². The van der Waals surface area contributed by atoms with Crippen LogP contribution in [0.2, 0.25) is 0 Å². The predicted molar refractivity (Wildman–Crippen MR) is 110 cm³/mol. The second kappa shape index (κ2) is 10.2. The number of aromatic nitrogens is 1. The third-order valence-electron chi connectivity index (χ3n) is 5.13. The Morgan fingerprint density at radius 2 is 2.08 bits per heavy atom. The largest absolute Gasteiger partial charge is 0.357 e. The summed E-state index contributed by atoms with van der Waals surface area (Å²) in [7, 11) is 0. The van der Waals surface area contributed by atoms with Crippen LogP contribution in [0.3, 0.4) is 0 Å². The second-order valence-corrected chi connectivity index (χ2v) is 7.20. The van der Waals surface area contributed by atoms with Gasteiger partial charge in [-0.15, -0.1) is 0 Å². The number of aliphatic imine (C=N–C) groups is 1. The van der Waals surface area contributed by atoms with E-state index in [-0.39, 0.29) is 0 Å². The summed E-state index contributed by atoms with van der Waals surface area (Å²) >= 11 is 0. The van der Waals surface area contributed by atoms with Crippen LogP contribution in [0.1, 0.15) is 57.4 Å². The molecule has 0 bridgehead atoms. The summed E-state index contributed by atoms with van der Waals surface area (Å²) < 4.78 is 0. The highest BCUT2D eigenvalue weighted by Gasteiger charge is 2.13. The fourth-order valence-electron chi connectivity index (χ4n) is 3.66. The van der Waals surface area contributed by atoms with Gasteiger partial charge in [-0.3, -0.25) is 0 Å². The highest BCUT2D eigenvalue weighted by molar-refractivity contribution is 5.79. The molecule has 0 saturated carbocycles. The van der Waals surface area contributed by atoms with Gasteiger partial charge in [-0.05, 0) is 69.6 Å². The zero-order valence-electron chi connectivity index (χ0n) is 16.1. The summed E-state index contributed by atoms with van der Waals surface area (Å²) in [6.07, 6.45) is 13.2. The van der Waals surface area contributed by atoms with Crippen molar-refractivity contribution in [2.75, 3.05) is 31.1 Å². The zero-order valence-corrected chi connectivity index (χ0v) is 16.1. The second-order valence-electron chi connectivity index (χ2n) is 7.20. The van der Waals surface area contributed by atoms with E-state index < -0.39 is 0 Å². The molecule has 0 amide bonds. The summed E-state index contributed by atoms with van der Waals surface area (Å²) in [5, 5.41) is 6.83. The highest BCUT2D eigenvalue weighted by atomic mass is 15.2. The maximum Gasteiger partial charge on any atom is 0.191 e. The number of nitrogens with one attached hydrogen (secondary N) is 2. The molecular formula is C21H33N5. The number of allylic oxidation sites excluding steroid dienone is 1. The van der Waals surface area contributed by atoms with Gasteiger partial charge >= 0.3 is 0 Å². The number of hydrogen-bond donors (Lipinski definition) is 2. The minimum absolute atomic E-state index is 0.682. The van der Waals surface area contributed by atoms with E-state index in [1.807, 2.05) is 6.20 Å². The fourth-order valence-corrected chi connectivity index (χ4v) is 3.66. The Morgan fingerprint density at radius 1 is 1.19 bits per heavy atom. The summed E-state index contributed by atoms with van der Waals surface area (Å²) in [6.45, 7) is 6.87. The van der Waals surface area contributed by atoms with Crippen molar-refractivity contribution in [3.8, 4) is 0 Å². The van der Waals surface area contributed by atoms with Crippen molar-refractivity contribution in [2.24, 2.45) is 4.99 Å². The van der Waals surface area contributed by atoms with Crippen LogP contribution in [-0.2, 0) is 6.54 Å². The molecule has 26 heavy (non-hydrogen) atoms. The van der Waals surface area contributed by atoms with E-state index in [0.717, 1.165) is 44.4 Å². The molecule has 0 aromatic carbocycles. The number of nitrogens with zero attached hydrogens (tertiary/aromatic N) is 3. The third kappa shape index (κ3) is 5.75. The van der Waals surface area contributed by atoms with Gasteiger partial charge in [0.1, 0.15) is 5.82 Å². The average molecular weight is 356 g/mol. The molecule has 0 unspecified atom stereocenters. The van der Waals surface area contributed by atoms with E-state index in [0.29, 0.717) is 6.54 Å². The Bertz CT molecular complexity index is 617. The monoisotopic (exact) mass is 355 g/mol. The lowest BCUT2D eigenvalue weighted by Crippen LogP contribution is -2.37. The van der Waals surface area contributed by atoms with Gasteiger partial charge < -0.3 is 15.5 Å². The molecule has 2 heterocycles. The quantitative estimate of drug-likeness (QED) is 0.445. The van der Waals surface area contributed by atoms with Crippen LogP contribution in [0, 0.1) is 0 Å². The predicted octanol–water partition coefficient (Wildman–Crippen LogP) is 3.63. The van der Waals surface area contributed by atoms with E-state index in [4.69, 9.17) is 4.99 Å². The fraction of sp³-hybridized carbons (Fsp3) is 0.619. The normalized spacial score (nSPS) is 18.0. The van der Waals surface area contributed by atoms with Gasteiger partial charge in [-0.1, -0.05) is 11.6 Å². The number of hydrogen-bond acceptors (Lipinski definition) is 3. The lowest BCUT2D eigenvalue weighted by Gasteiger charge is -2.17. The van der Waals surface area contributed by atoms with Crippen LogP contribution < -0.4 is 15.5 Å². The Balaban J connectivity index is 1.53. The molecule has 2 aliphatic rings. The first kappa shape index (κ1) is 18.7. The van der Waals surface area contributed by atoms with Crippen molar-refractivity contribution < 1.29 is 0 Å². The van der Waals surface area contributed by atoms with Gasteiger partial charge in [0.25, 0.3) is 0 Å². The molecule has 0 spiro atoms. The average Bonchev–Trinajstić information content (AvgIpc) is 3.22. The van der Waals surface area contributed by atoms with E-state index in [9.17, 15) is 0 Å². The summed E-state index contributed by atoms with van der Waals surface area (Å²) in [5.41, 5.74) is 2.82. The SMILES string of the molecule is CCNC(=NCc1ccnc(N2CCCC2)c1)NCCC1=CCCCC1. The van der Waals surface area contributed by atoms with Crippen molar-refractivity contribution in [1.82, 2.24) is 15.6 Å². The molecule has 1 saturated heterocycles. The molecule has 1 aromatic rings. The Morgan fingerprint density at radius 3 is 2.85 bits per heavy atom. The maximum atomic E-state index is 4.76. The van der Waals surface area contributed by atoms with Crippen LogP contribution in [0.5, 0.6) is 0 Å². The standard InChI is InChI=1S/C21H33N5/c1-2-22-21(24-13-10-18-8-4-3-5-9-18)25-17-19-11-12-23-20(16-19)26-14-6-7-15-26/h8,11-12,16H,2-7,9-10,13-15,17H2,1H3,(H2,22,24,25). The molecule has 5 heteroatoms. The summed E-state index contributed by atoms with van der Waals surface area (Å²) in [4.78, 5) is 11.7. The van der Waals surface area contributed by atoms with Gasteiger partial charge in [0.2, 0.25) is 0 Å². The molecular weight excluding hydrogens is 322 g/mol. The minimum Gasteiger partial charge on any atom is -0.357 e. The van der Waals surface area contributed by atoms with Crippen molar-refractivity contribution >= 4 is 11.8 Å². The van der Waals surface area contributed by atoms with Gasteiger partial charge in [-0.2, -0.15) is 0 Å². The lowest BCUT2D eigenvalue weighted by atomic mass is 9.97. The molecule has 0 radical (unpaired) electrons. The molecule has 1 fully saturated rings. The van der Waals surface area contributed by atoms with Gasteiger partial charge in [0.05, 0.1) is 6.54 Å². The van der Waals surface area contributed by atoms with E-state index in [1.165, 1.54) is 44.1 Å². The number of pyridine rings is 1. The van der Waals surface area contributed by atoms with Crippen LogP contribution in [0.25, 0.3) is 0 Å². The Kier molecular flexibility index (Phi) is 7.35. The van der Waals surface area contributed by atoms with Gasteiger partial charge in [-0.25, -0.2) is 9.98 Å². The van der Waals surface area contributed by atoms with Gasteiger partial charge in [0, 0.05) is 32.4 Å². The van der Waals surface area contributed by atoms with E-state index in [1.54, 1.807) is 5.57 Å². The Labute approximate surface area is 158 Å². The molecule has 3 rings (SSSR count). The van der Waals surface area contributed by atoms with Gasteiger partial charge in [0.15, 0.2) is 5.96 Å². The van der Waals surface area contributed by atoms with E-state index >= 15 is 0 Å². The van der Waals surface area contributed by atoms with Crippen LogP contribution >= 0.6 is 0 Å². The molecule has 5 nitrogen and oxygen atoms in total. The smallest absolute Gasteiger partial charge is 0.191 e. The van der Waals surface area contributed by atoms with Crippen LogP contribution in [0.15, 0.2) is 35.0 Å². The first-order chi connectivity index (χ1) is 12.8. The molecule has 1 aliphatic heterocycles. The van der Waals surface area contributed by atoms with Crippen LogP contribution in [-0.4, -0.2) is 37.1 Å². The third-order valence-corrected chi connectivity index (χ3v) is 5.13. The molecule has 2 N–H and O–H groups in total. The number of rotatable bonds is 7. The molecule has 0 atom stereocenters. The molecule has 142 valence electrons. The summed E-state index contributed by atoms with van der Waals surface area (Å²) in [6, 6.07) is 4.25. The van der Waals surface area contributed by atoms with Crippen molar-refractivity contribution in [3.63, 3.8) is 0 Å². The van der Waals surface area contributed by atoms with E-state index in [2.05, 4.69) is 45.6 Å². The first-order valence-electron chi connectivity index (χ1n) is 10.2. The summed E-state index contributed by atoms with van der Waals surface area (Å²) in [5.74, 6) is 2.00. The Hall–Kier alpha value is -2.04.